The largest absolute Gasteiger partial charge is 0.324 e. The lowest BCUT2D eigenvalue weighted by Gasteiger charge is -2.09. The molecule has 3 aromatic rings. The number of aromatic nitrogens is 3. The first-order valence-electron chi connectivity index (χ1n) is 8.15. The average Bonchev–Trinajstić information content (AvgIpc) is 3.06. The minimum atomic E-state index is -0.201. The van der Waals surface area contributed by atoms with Crippen molar-refractivity contribution in [2.45, 2.75) is 11.7 Å². The summed E-state index contributed by atoms with van der Waals surface area (Å²) in [6.07, 6.45) is 1.77. The fourth-order valence-corrected chi connectivity index (χ4v) is 3.88. The Labute approximate surface area is 185 Å². The fraction of sp³-hybridized carbons (Fsp3) is 0.105. The van der Waals surface area contributed by atoms with Gasteiger partial charge in [0.1, 0.15) is 0 Å². The number of amides is 1. The van der Waals surface area contributed by atoms with Crippen molar-refractivity contribution in [2.24, 2.45) is 0 Å². The molecule has 0 radical (unpaired) electrons. The van der Waals surface area contributed by atoms with Gasteiger partial charge >= 0.3 is 0 Å². The Morgan fingerprint density at radius 2 is 1.96 bits per heavy atom. The Morgan fingerprint density at radius 1 is 1.21 bits per heavy atom. The molecule has 9 heteroatoms. The van der Waals surface area contributed by atoms with Crippen molar-refractivity contribution in [3.05, 3.63) is 69.6 Å². The maximum absolute atomic E-state index is 12.3. The third kappa shape index (κ3) is 5.17. The van der Waals surface area contributed by atoms with Crippen LogP contribution in [-0.4, -0.2) is 26.4 Å². The zero-order valence-corrected chi connectivity index (χ0v) is 18.4. The van der Waals surface area contributed by atoms with Crippen LogP contribution < -0.4 is 5.32 Å². The molecule has 0 aliphatic heterocycles. The highest BCUT2D eigenvalue weighted by atomic mass is 79.9. The molecule has 1 heterocycles. The second-order valence-corrected chi connectivity index (χ2v) is 8.38. The number of hydrogen-bond donors (Lipinski definition) is 1. The Hall–Kier alpha value is -1.80. The van der Waals surface area contributed by atoms with E-state index in [0.717, 1.165) is 15.9 Å². The van der Waals surface area contributed by atoms with Gasteiger partial charge in [0.15, 0.2) is 11.0 Å². The molecule has 0 spiro atoms. The number of rotatable bonds is 7. The van der Waals surface area contributed by atoms with Gasteiger partial charge in [0.25, 0.3) is 0 Å². The van der Waals surface area contributed by atoms with Gasteiger partial charge in [-0.1, -0.05) is 69.1 Å². The summed E-state index contributed by atoms with van der Waals surface area (Å²) in [6, 6.07) is 12.7. The van der Waals surface area contributed by atoms with Gasteiger partial charge in [-0.25, -0.2) is 0 Å². The van der Waals surface area contributed by atoms with E-state index in [1.54, 1.807) is 24.3 Å². The van der Waals surface area contributed by atoms with Gasteiger partial charge in [-0.2, -0.15) is 0 Å². The topological polar surface area (TPSA) is 59.8 Å². The van der Waals surface area contributed by atoms with Crippen LogP contribution in [0.3, 0.4) is 0 Å². The first-order valence-corrected chi connectivity index (χ1v) is 10.7. The van der Waals surface area contributed by atoms with E-state index in [2.05, 4.69) is 38.0 Å². The zero-order valence-electron chi connectivity index (χ0n) is 14.5. The second-order valence-electron chi connectivity index (χ2n) is 5.67. The van der Waals surface area contributed by atoms with Crippen molar-refractivity contribution in [3.63, 3.8) is 0 Å². The maximum Gasteiger partial charge on any atom is 0.234 e. The summed E-state index contributed by atoms with van der Waals surface area (Å²) in [6.45, 7) is 4.33. The predicted molar refractivity (Wildman–Crippen MR) is 119 cm³/mol. The van der Waals surface area contributed by atoms with Crippen LogP contribution in [0.2, 0.25) is 10.0 Å². The molecule has 0 saturated carbocycles. The van der Waals surface area contributed by atoms with Crippen LogP contribution in [0.25, 0.3) is 11.4 Å². The number of nitrogens with one attached hydrogen (secondary N) is 1. The number of nitrogens with zero attached hydrogens (tertiary/aromatic N) is 3. The highest BCUT2D eigenvalue weighted by molar-refractivity contribution is 9.10. The predicted octanol–water partition coefficient (Wildman–Crippen LogP) is 5.93. The highest BCUT2D eigenvalue weighted by Gasteiger charge is 2.15. The molecule has 28 heavy (non-hydrogen) atoms. The monoisotopic (exact) mass is 496 g/mol. The van der Waals surface area contributed by atoms with Crippen LogP contribution >= 0.6 is 50.9 Å². The van der Waals surface area contributed by atoms with E-state index in [9.17, 15) is 4.79 Å². The summed E-state index contributed by atoms with van der Waals surface area (Å²) >= 11 is 16.7. The molecule has 0 bridgehead atoms. The number of hydrogen-bond acceptors (Lipinski definition) is 4. The molecule has 1 N–H and O–H groups in total. The van der Waals surface area contributed by atoms with Crippen LogP contribution in [0, 0.1) is 0 Å². The van der Waals surface area contributed by atoms with Gasteiger partial charge in [-0.05, 0) is 30.3 Å². The molecule has 0 unspecified atom stereocenters. The summed E-state index contributed by atoms with van der Waals surface area (Å²) < 4.78 is 2.90. The molecule has 1 amide bonds. The van der Waals surface area contributed by atoms with Crippen molar-refractivity contribution in [2.75, 3.05) is 11.1 Å². The van der Waals surface area contributed by atoms with E-state index in [4.69, 9.17) is 23.2 Å². The quantitative estimate of drug-likeness (QED) is 0.324. The summed E-state index contributed by atoms with van der Waals surface area (Å²) in [4.78, 5) is 12.3. The molecule has 0 fully saturated rings. The second kappa shape index (κ2) is 9.60. The van der Waals surface area contributed by atoms with Crippen LogP contribution in [0.15, 0.2) is 64.7 Å². The van der Waals surface area contributed by atoms with E-state index in [0.29, 0.717) is 27.4 Å². The number of carbonyl (C=O) groups is 1. The SMILES string of the molecule is C=CCn1c(SCC(=O)Nc2ccc(Cl)cc2Cl)nnc1-c1ccc(Br)cc1. The van der Waals surface area contributed by atoms with Gasteiger partial charge in [-0.3, -0.25) is 9.36 Å². The van der Waals surface area contributed by atoms with Gasteiger partial charge in [0, 0.05) is 21.6 Å². The van der Waals surface area contributed by atoms with Crippen LogP contribution in [0.1, 0.15) is 0 Å². The fourth-order valence-electron chi connectivity index (χ4n) is 2.41. The Morgan fingerprint density at radius 3 is 2.64 bits per heavy atom. The van der Waals surface area contributed by atoms with E-state index < -0.39 is 0 Å². The van der Waals surface area contributed by atoms with E-state index in [-0.39, 0.29) is 11.7 Å². The Kier molecular flexibility index (Phi) is 7.18. The number of thioether (sulfide) groups is 1. The number of anilines is 1. The lowest BCUT2D eigenvalue weighted by Crippen LogP contribution is -2.15. The van der Waals surface area contributed by atoms with Crippen LogP contribution in [-0.2, 0) is 11.3 Å². The minimum absolute atomic E-state index is 0.161. The molecule has 5 nitrogen and oxygen atoms in total. The lowest BCUT2D eigenvalue weighted by atomic mass is 10.2. The van der Waals surface area contributed by atoms with Crippen molar-refractivity contribution >= 4 is 62.5 Å². The smallest absolute Gasteiger partial charge is 0.234 e. The van der Waals surface area contributed by atoms with Crippen molar-refractivity contribution in [1.29, 1.82) is 0 Å². The maximum atomic E-state index is 12.3. The number of allylic oxidation sites excluding steroid dienone is 1. The lowest BCUT2D eigenvalue weighted by molar-refractivity contribution is -0.113. The minimum Gasteiger partial charge on any atom is -0.324 e. The van der Waals surface area contributed by atoms with E-state index in [1.165, 1.54) is 11.8 Å². The van der Waals surface area contributed by atoms with Gasteiger partial charge in [-0.15, -0.1) is 16.8 Å². The molecule has 2 aromatic carbocycles. The van der Waals surface area contributed by atoms with Crippen molar-refractivity contribution in [1.82, 2.24) is 14.8 Å². The molecule has 3 rings (SSSR count). The molecule has 0 aliphatic rings. The third-order valence-corrected chi connectivity index (χ3v) is 5.71. The zero-order chi connectivity index (χ0) is 20.1. The summed E-state index contributed by atoms with van der Waals surface area (Å²) in [5.41, 5.74) is 1.45. The molecule has 0 aliphatic carbocycles. The molecule has 0 atom stereocenters. The average molecular weight is 498 g/mol. The Balaban J connectivity index is 1.72. The number of carbonyl (C=O) groups excluding carboxylic acids is 1. The first kappa shape index (κ1) is 20.9. The standard InChI is InChI=1S/C19H15BrCl2N4OS/c1-2-9-26-18(12-3-5-13(20)6-4-12)24-25-19(26)28-11-17(27)23-16-8-7-14(21)10-15(16)22/h2-8,10H,1,9,11H2,(H,23,27). The van der Waals surface area contributed by atoms with Gasteiger partial charge in [0.05, 0.1) is 16.5 Å². The van der Waals surface area contributed by atoms with Gasteiger partial charge in [0.2, 0.25) is 5.91 Å². The van der Waals surface area contributed by atoms with Crippen LogP contribution in [0.5, 0.6) is 0 Å². The molecule has 0 saturated heterocycles. The summed E-state index contributed by atoms with van der Waals surface area (Å²) in [7, 11) is 0. The Bertz CT molecular complexity index is 1010. The molecular weight excluding hydrogens is 483 g/mol. The molecular formula is C19H15BrCl2N4OS. The van der Waals surface area contributed by atoms with Crippen molar-refractivity contribution in [3.8, 4) is 11.4 Å². The number of benzene rings is 2. The third-order valence-electron chi connectivity index (χ3n) is 3.67. The van der Waals surface area contributed by atoms with Crippen molar-refractivity contribution < 1.29 is 4.79 Å². The normalized spacial score (nSPS) is 10.7. The van der Waals surface area contributed by atoms with E-state index >= 15 is 0 Å². The van der Waals surface area contributed by atoms with Crippen LogP contribution in [0.4, 0.5) is 5.69 Å². The van der Waals surface area contributed by atoms with Gasteiger partial charge < -0.3 is 5.32 Å². The summed E-state index contributed by atoms with van der Waals surface area (Å²) in [5.74, 6) is 0.679. The molecule has 1 aromatic heterocycles. The number of halogens is 3. The van der Waals surface area contributed by atoms with E-state index in [1.807, 2.05) is 28.8 Å². The highest BCUT2D eigenvalue weighted by Crippen LogP contribution is 2.27. The first-order chi connectivity index (χ1) is 13.5. The summed E-state index contributed by atoms with van der Waals surface area (Å²) in [5, 5.41) is 12.8. The molecule has 144 valence electrons.